The van der Waals surface area contributed by atoms with E-state index in [0.717, 1.165) is 11.5 Å². The molecule has 0 amide bonds. The van der Waals surface area contributed by atoms with Gasteiger partial charge in [0.05, 0.1) is 0 Å². The molecule has 2 aliphatic rings. The number of hydrogen-bond donors (Lipinski definition) is 0. The average molecular weight is 261 g/mol. The molecule has 2 atom stereocenters. The molecule has 0 aromatic heterocycles. The third-order valence-corrected chi connectivity index (χ3v) is 4.53. The molecule has 1 saturated heterocycles. The second-order valence-electron chi connectivity index (χ2n) is 5.62. The highest BCUT2D eigenvalue weighted by atomic mass is 16.7. The Morgan fingerprint density at radius 1 is 1.16 bits per heavy atom. The van der Waals surface area contributed by atoms with Crippen LogP contribution in [0.3, 0.4) is 0 Å². The largest absolute Gasteiger partial charge is 0.454 e. The fourth-order valence-electron chi connectivity index (χ4n) is 3.42. The van der Waals surface area contributed by atoms with E-state index >= 15 is 0 Å². The van der Waals surface area contributed by atoms with Crippen LogP contribution in [-0.2, 0) is 0 Å². The summed E-state index contributed by atoms with van der Waals surface area (Å²) >= 11 is 0. The molecule has 3 rings (SSSR count). The summed E-state index contributed by atoms with van der Waals surface area (Å²) in [6.45, 7) is 7.51. The highest BCUT2D eigenvalue weighted by molar-refractivity contribution is 5.45. The zero-order valence-corrected chi connectivity index (χ0v) is 11.9. The van der Waals surface area contributed by atoms with Crippen LogP contribution in [0.2, 0.25) is 0 Å². The number of benzene rings is 1. The molecule has 0 saturated carbocycles. The molecule has 0 aliphatic carbocycles. The Morgan fingerprint density at radius 2 is 1.89 bits per heavy atom. The zero-order chi connectivity index (χ0) is 13.2. The molecule has 0 spiro atoms. The van der Waals surface area contributed by atoms with Crippen LogP contribution in [0.5, 0.6) is 11.5 Å². The fourth-order valence-corrected chi connectivity index (χ4v) is 3.42. The van der Waals surface area contributed by atoms with Gasteiger partial charge in [0.25, 0.3) is 0 Å². The van der Waals surface area contributed by atoms with Gasteiger partial charge in [0.2, 0.25) is 6.79 Å². The van der Waals surface area contributed by atoms with Gasteiger partial charge in [-0.15, -0.1) is 0 Å². The van der Waals surface area contributed by atoms with Gasteiger partial charge in [-0.05, 0) is 56.0 Å². The topological polar surface area (TPSA) is 21.7 Å². The molecule has 1 aromatic carbocycles. The lowest BCUT2D eigenvalue weighted by atomic mass is 9.90. The van der Waals surface area contributed by atoms with Crippen molar-refractivity contribution in [3.05, 3.63) is 23.8 Å². The quantitative estimate of drug-likeness (QED) is 0.829. The summed E-state index contributed by atoms with van der Waals surface area (Å²) in [6, 6.07) is 7.04. The minimum absolute atomic E-state index is 0.358. The Bertz CT molecular complexity index is 440. The number of fused-ring (bicyclic) bond motifs is 1. The summed E-state index contributed by atoms with van der Waals surface area (Å²) in [7, 11) is 0. The summed E-state index contributed by atoms with van der Waals surface area (Å²) < 4.78 is 10.9. The smallest absolute Gasteiger partial charge is 0.231 e. The Hall–Kier alpha value is -1.22. The number of likely N-dealkylation sites (tertiary alicyclic amines) is 1. The van der Waals surface area contributed by atoms with Crippen LogP contribution < -0.4 is 9.47 Å². The van der Waals surface area contributed by atoms with E-state index in [1.807, 2.05) is 6.07 Å². The molecule has 3 heteroatoms. The SMILES string of the molecule is CCC(C(C)c1ccc2c(c1)OCO2)N1CCCC1. The van der Waals surface area contributed by atoms with Gasteiger partial charge < -0.3 is 9.47 Å². The van der Waals surface area contributed by atoms with Crippen molar-refractivity contribution in [2.75, 3.05) is 19.9 Å². The van der Waals surface area contributed by atoms with Gasteiger partial charge in [-0.25, -0.2) is 0 Å². The predicted octanol–water partition coefficient (Wildman–Crippen LogP) is 3.39. The van der Waals surface area contributed by atoms with Crippen molar-refractivity contribution in [2.45, 2.75) is 45.1 Å². The van der Waals surface area contributed by atoms with E-state index in [4.69, 9.17) is 9.47 Å². The second-order valence-corrected chi connectivity index (χ2v) is 5.62. The van der Waals surface area contributed by atoms with Crippen LogP contribution in [0.1, 0.15) is 44.6 Å². The van der Waals surface area contributed by atoms with Gasteiger partial charge in [-0.3, -0.25) is 4.90 Å². The molecule has 1 fully saturated rings. The summed E-state index contributed by atoms with van der Waals surface area (Å²) in [5.41, 5.74) is 1.36. The number of nitrogens with zero attached hydrogens (tertiary/aromatic N) is 1. The predicted molar refractivity (Wildman–Crippen MR) is 75.9 cm³/mol. The van der Waals surface area contributed by atoms with E-state index in [1.54, 1.807) is 0 Å². The van der Waals surface area contributed by atoms with Crippen LogP contribution >= 0.6 is 0 Å². The lowest BCUT2D eigenvalue weighted by molar-refractivity contribution is 0.174. The maximum Gasteiger partial charge on any atom is 0.231 e. The molecular weight excluding hydrogens is 238 g/mol. The van der Waals surface area contributed by atoms with Crippen molar-refractivity contribution in [1.29, 1.82) is 0 Å². The first kappa shape index (κ1) is 12.8. The number of rotatable bonds is 4. The molecular formula is C16H23NO2. The zero-order valence-electron chi connectivity index (χ0n) is 11.9. The Kier molecular flexibility index (Phi) is 3.65. The molecule has 2 unspecified atom stereocenters. The molecule has 0 N–H and O–H groups in total. The average Bonchev–Trinajstić information content (AvgIpc) is 3.09. The standard InChI is InChI=1S/C16H23NO2/c1-3-14(17-8-4-5-9-17)12(2)13-6-7-15-16(10-13)19-11-18-15/h6-7,10,12,14H,3-5,8-9,11H2,1-2H3. The number of hydrogen-bond acceptors (Lipinski definition) is 3. The maximum absolute atomic E-state index is 5.49. The van der Waals surface area contributed by atoms with Crippen molar-refractivity contribution in [2.24, 2.45) is 0 Å². The minimum Gasteiger partial charge on any atom is -0.454 e. The van der Waals surface area contributed by atoms with Crippen molar-refractivity contribution >= 4 is 0 Å². The molecule has 2 aliphatic heterocycles. The summed E-state index contributed by atoms with van der Waals surface area (Å²) in [5, 5.41) is 0. The van der Waals surface area contributed by atoms with E-state index in [9.17, 15) is 0 Å². The van der Waals surface area contributed by atoms with Crippen molar-refractivity contribution < 1.29 is 9.47 Å². The monoisotopic (exact) mass is 261 g/mol. The second kappa shape index (κ2) is 5.41. The van der Waals surface area contributed by atoms with Gasteiger partial charge in [-0.2, -0.15) is 0 Å². The third-order valence-electron chi connectivity index (χ3n) is 4.53. The molecule has 1 aromatic rings. The van der Waals surface area contributed by atoms with Gasteiger partial charge in [-0.1, -0.05) is 19.9 Å². The normalized spacial score (nSPS) is 21.6. The van der Waals surface area contributed by atoms with Gasteiger partial charge in [0, 0.05) is 6.04 Å². The van der Waals surface area contributed by atoms with Crippen LogP contribution in [-0.4, -0.2) is 30.8 Å². The van der Waals surface area contributed by atoms with Crippen LogP contribution in [0.4, 0.5) is 0 Å². The lowest BCUT2D eigenvalue weighted by Gasteiger charge is -2.32. The highest BCUT2D eigenvalue weighted by Gasteiger charge is 2.27. The van der Waals surface area contributed by atoms with Gasteiger partial charge >= 0.3 is 0 Å². The van der Waals surface area contributed by atoms with Crippen LogP contribution in [0.25, 0.3) is 0 Å². The fraction of sp³-hybridized carbons (Fsp3) is 0.625. The first-order chi connectivity index (χ1) is 9.29. The van der Waals surface area contributed by atoms with Gasteiger partial charge in [0.1, 0.15) is 0 Å². The minimum atomic E-state index is 0.358. The highest BCUT2D eigenvalue weighted by Crippen LogP contribution is 2.36. The van der Waals surface area contributed by atoms with Crippen molar-refractivity contribution in [1.82, 2.24) is 4.90 Å². The first-order valence-corrected chi connectivity index (χ1v) is 7.43. The van der Waals surface area contributed by atoms with E-state index in [2.05, 4.69) is 30.9 Å². The van der Waals surface area contributed by atoms with E-state index < -0.39 is 0 Å². The first-order valence-electron chi connectivity index (χ1n) is 7.43. The molecule has 104 valence electrons. The van der Waals surface area contributed by atoms with E-state index in [0.29, 0.717) is 18.8 Å². The Balaban J connectivity index is 1.79. The summed E-state index contributed by atoms with van der Waals surface area (Å²) in [5.74, 6) is 2.32. The lowest BCUT2D eigenvalue weighted by Crippen LogP contribution is -2.36. The number of ether oxygens (including phenoxy) is 2. The molecule has 19 heavy (non-hydrogen) atoms. The van der Waals surface area contributed by atoms with Crippen LogP contribution in [0.15, 0.2) is 18.2 Å². The Labute approximate surface area is 115 Å². The maximum atomic E-state index is 5.49. The third kappa shape index (κ3) is 2.44. The summed E-state index contributed by atoms with van der Waals surface area (Å²) in [6.07, 6.45) is 3.91. The molecule has 0 bridgehead atoms. The summed E-state index contributed by atoms with van der Waals surface area (Å²) in [4.78, 5) is 2.65. The van der Waals surface area contributed by atoms with Gasteiger partial charge in [0.15, 0.2) is 11.5 Å². The molecule has 2 heterocycles. The van der Waals surface area contributed by atoms with E-state index in [1.165, 1.54) is 37.9 Å². The van der Waals surface area contributed by atoms with Crippen molar-refractivity contribution in [3.63, 3.8) is 0 Å². The van der Waals surface area contributed by atoms with Crippen LogP contribution in [0, 0.1) is 0 Å². The van der Waals surface area contributed by atoms with Crippen molar-refractivity contribution in [3.8, 4) is 11.5 Å². The molecule has 3 nitrogen and oxygen atoms in total. The van der Waals surface area contributed by atoms with E-state index in [-0.39, 0.29) is 0 Å². The Morgan fingerprint density at radius 3 is 2.63 bits per heavy atom. The molecule has 0 radical (unpaired) electrons.